The molecule has 102 valence electrons. The van der Waals surface area contributed by atoms with Crippen LogP contribution in [0.3, 0.4) is 0 Å². The van der Waals surface area contributed by atoms with Gasteiger partial charge in [-0.15, -0.1) is 11.3 Å². The first-order valence-corrected chi connectivity index (χ1v) is 7.16. The highest BCUT2D eigenvalue weighted by atomic mass is 32.1. The number of imidazole rings is 1. The zero-order valence-electron chi connectivity index (χ0n) is 11.4. The molecule has 0 atom stereocenters. The number of hydrogen-bond acceptors (Lipinski definition) is 5. The molecule has 0 fully saturated rings. The van der Waals surface area contributed by atoms with Crippen molar-refractivity contribution in [3.63, 3.8) is 0 Å². The van der Waals surface area contributed by atoms with E-state index in [0.717, 1.165) is 28.9 Å². The Morgan fingerprint density at radius 1 is 1.20 bits per heavy atom. The van der Waals surface area contributed by atoms with Crippen molar-refractivity contribution in [2.75, 3.05) is 5.32 Å². The molecule has 3 rings (SSSR count). The fourth-order valence-electron chi connectivity index (χ4n) is 2.00. The lowest BCUT2D eigenvalue weighted by atomic mass is 10.3. The van der Waals surface area contributed by atoms with E-state index in [1.807, 2.05) is 42.9 Å². The first kappa shape index (κ1) is 12.8. The summed E-state index contributed by atoms with van der Waals surface area (Å²) in [5.74, 6) is 1.78. The molecule has 0 aromatic carbocycles. The van der Waals surface area contributed by atoms with Crippen LogP contribution in [0.4, 0.5) is 5.69 Å². The quantitative estimate of drug-likeness (QED) is 0.800. The van der Waals surface area contributed by atoms with Gasteiger partial charge in [-0.05, 0) is 26.0 Å². The summed E-state index contributed by atoms with van der Waals surface area (Å²) < 4.78 is 1.97. The van der Waals surface area contributed by atoms with Gasteiger partial charge in [0.05, 0.1) is 17.2 Å². The van der Waals surface area contributed by atoms with Crippen LogP contribution in [0.25, 0.3) is 5.82 Å². The molecule has 0 unspecified atom stereocenters. The zero-order valence-corrected chi connectivity index (χ0v) is 12.2. The molecule has 0 saturated carbocycles. The monoisotopic (exact) mass is 285 g/mol. The van der Waals surface area contributed by atoms with Crippen molar-refractivity contribution in [3.8, 4) is 5.82 Å². The van der Waals surface area contributed by atoms with Gasteiger partial charge < -0.3 is 5.32 Å². The lowest BCUT2D eigenvalue weighted by Crippen LogP contribution is -2.06. The van der Waals surface area contributed by atoms with Crippen LogP contribution >= 0.6 is 11.3 Å². The van der Waals surface area contributed by atoms with E-state index >= 15 is 0 Å². The number of pyridine rings is 1. The summed E-state index contributed by atoms with van der Waals surface area (Å²) in [6.45, 7) is 4.72. The summed E-state index contributed by atoms with van der Waals surface area (Å²) >= 11 is 1.70. The zero-order chi connectivity index (χ0) is 13.9. The van der Waals surface area contributed by atoms with Gasteiger partial charge in [-0.1, -0.05) is 0 Å². The van der Waals surface area contributed by atoms with Crippen molar-refractivity contribution in [2.45, 2.75) is 20.4 Å². The number of aryl methyl sites for hydroxylation is 2. The van der Waals surface area contributed by atoms with Crippen molar-refractivity contribution in [1.29, 1.82) is 0 Å². The molecule has 0 aliphatic carbocycles. The van der Waals surface area contributed by atoms with E-state index in [0.29, 0.717) is 0 Å². The van der Waals surface area contributed by atoms with Crippen LogP contribution in [-0.4, -0.2) is 19.5 Å². The summed E-state index contributed by atoms with van der Waals surface area (Å²) in [4.78, 5) is 14.2. The van der Waals surface area contributed by atoms with Crippen molar-refractivity contribution >= 4 is 17.0 Å². The van der Waals surface area contributed by atoms with Gasteiger partial charge in [0.25, 0.3) is 0 Å². The molecule has 3 heterocycles. The van der Waals surface area contributed by atoms with Gasteiger partial charge in [0.2, 0.25) is 0 Å². The highest BCUT2D eigenvalue weighted by Crippen LogP contribution is 2.20. The molecule has 0 aliphatic heterocycles. The average Bonchev–Trinajstić information content (AvgIpc) is 3.05. The molecule has 0 spiro atoms. The molecule has 3 aromatic heterocycles. The maximum absolute atomic E-state index is 4.45. The summed E-state index contributed by atoms with van der Waals surface area (Å²) in [6, 6.07) is 3.95. The van der Waals surface area contributed by atoms with Gasteiger partial charge in [0.1, 0.15) is 5.82 Å². The minimum absolute atomic E-state index is 0.748. The van der Waals surface area contributed by atoms with Crippen molar-refractivity contribution in [3.05, 3.63) is 52.6 Å². The standard InChI is InChI=1S/C14H15N5S/c1-10-15-6-7-19(10)14-13(4-3-5-16-14)18-9-12-8-17-11(2)20-12/h3-8,18H,9H2,1-2H3. The summed E-state index contributed by atoms with van der Waals surface area (Å²) in [7, 11) is 0. The molecular formula is C14H15N5S. The molecule has 1 N–H and O–H groups in total. The second kappa shape index (κ2) is 5.42. The minimum atomic E-state index is 0.748. The maximum Gasteiger partial charge on any atom is 0.161 e. The Morgan fingerprint density at radius 2 is 2.10 bits per heavy atom. The van der Waals surface area contributed by atoms with E-state index in [1.54, 1.807) is 23.7 Å². The summed E-state index contributed by atoms with van der Waals surface area (Å²) in [5, 5.41) is 4.50. The molecule has 0 radical (unpaired) electrons. The smallest absolute Gasteiger partial charge is 0.161 e. The Morgan fingerprint density at radius 3 is 2.80 bits per heavy atom. The SMILES string of the molecule is Cc1ncc(CNc2cccnc2-n2ccnc2C)s1. The Hall–Kier alpha value is -2.21. The van der Waals surface area contributed by atoms with E-state index in [1.165, 1.54) is 4.88 Å². The molecular weight excluding hydrogens is 270 g/mol. The molecule has 3 aromatic rings. The topological polar surface area (TPSA) is 55.6 Å². The number of nitrogens with zero attached hydrogens (tertiary/aromatic N) is 4. The number of hydrogen-bond donors (Lipinski definition) is 1. The van der Waals surface area contributed by atoms with Crippen LogP contribution in [0.5, 0.6) is 0 Å². The van der Waals surface area contributed by atoms with Crippen LogP contribution < -0.4 is 5.32 Å². The molecule has 0 aliphatic rings. The van der Waals surface area contributed by atoms with Crippen LogP contribution in [0, 0.1) is 13.8 Å². The van der Waals surface area contributed by atoms with Crippen molar-refractivity contribution in [1.82, 2.24) is 19.5 Å². The predicted octanol–water partition coefficient (Wildman–Crippen LogP) is 2.95. The summed E-state index contributed by atoms with van der Waals surface area (Å²) in [5.41, 5.74) is 0.986. The fourth-order valence-corrected chi connectivity index (χ4v) is 2.73. The van der Waals surface area contributed by atoms with E-state index in [4.69, 9.17) is 0 Å². The lowest BCUT2D eigenvalue weighted by Gasteiger charge is -2.11. The van der Waals surface area contributed by atoms with E-state index < -0.39 is 0 Å². The van der Waals surface area contributed by atoms with Crippen LogP contribution in [-0.2, 0) is 6.54 Å². The highest BCUT2D eigenvalue weighted by molar-refractivity contribution is 7.11. The largest absolute Gasteiger partial charge is 0.377 e. The van der Waals surface area contributed by atoms with E-state index in [-0.39, 0.29) is 0 Å². The number of thiazole rings is 1. The minimum Gasteiger partial charge on any atom is -0.377 e. The van der Waals surface area contributed by atoms with E-state index in [9.17, 15) is 0 Å². The van der Waals surface area contributed by atoms with Crippen LogP contribution in [0.15, 0.2) is 36.9 Å². The third-order valence-corrected chi connectivity index (χ3v) is 3.88. The average molecular weight is 285 g/mol. The number of rotatable bonds is 4. The summed E-state index contributed by atoms with van der Waals surface area (Å²) in [6.07, 6.45) is 7.39. The maximum atomic E-state index is 4.45. The first-order valence-electron chi connectivity index (χ1n) is 6.34. The van der Waals surface area contributed by atoms with E-state index in [2.05, 4.69) is 20.3 Å². The van der Waals surface area contributed by atoms with Crippen LogP contribution in [0.2, 0.25) is 0 Å². The van der Waals surface area contributed by atoms with Gasteiger partial charge in [-0.25, -0.2) is 15.0 Å². The molecule has 0 saturated heterocycles. The van der Waals surface area contributed by atoms with Gasteiger partial charge in [0.15, 0.2) is 5.82 Å². The van der Waals surface area contributed by atoms with Gasteiger partial charge >= 0.3 is 0 Å². The highest BCUT2D eigenvalue weighted by Gasteiger charge is 2.08. The number of nitrogens with one attached hydrogen (secondary N) is 1. The third kappa shape index (κ3) is 2.55. The molecule has 20 heavy (non-hydrogen) atoms. The number of aromatic nitrogens is 4. The van der Waals surface area contributed by atoms with Gasteiger partial charge in [-0.2, -0.15) is 0 Å². The van der Waals surface area contributed by atoms with Crippen LogP contribution in [0.1, 0.15) is 15.7 Å². The molecule has 0 amide bonds. The molecule has 5 nitrogen and oxygen atoms in total. The third-order valence-electron chi connectivity index (χ3n) is 2.96. The van der Waals surface area contributed by atoms with Gasteiger partial charge in [0, 0.05) is 29.7 Å². The predicted molar refractivity (Wildman–Crippen MR) is 80.3 cm³/mol. The lowest BCUT2D eigenvalue weighted by molar-refractivity contribution is 0.929. The van der Waals surface area contributed by atoms with Crippen molar-refractivity contribution < 1.29 is 0 Å². The fraction of sp³-hybridized carbons (Fsp3) is 0.214. The van der Waals surface area contributed by atoms with Crippen molar-refractivity contribution in [2.24, 2.45) is 0 Å². The molecule has 6 heteroatoms. The second-order valence-electron chi connectivity index (χ2n) is 4.42. The normalized spacial score (nSPS) is 10.7. The number of anilines is 1. The second-order valence-corrected chi connectivity index (χ2v) is 5.74. The Kier molecular flexibility index (Phi) is 3.47. The molecule has 0 bridgehead atoms. The Bertz CT molecular complexity index is 716. The Labute approximate surface area is 121 Å². The Balaban J connectivity index is 1.85. The first-order chi connectivity index (χ1) is 9.74. The van der Waals surface area contributed by atoms with Gasteiger partial charge in [-0.3, -0.25) is 4.57 Å².